The van der Waals surface area contributed by atoms with E-state index in [1.54, 1.807) is 0 Å². The molecule has 1 spiro atoms. The van der Waals surface area contributed by atoms with Gasteiger partial charge in [-0.3, -0.25) is 9.59 Å². The summed E-state index contributed by atoms with van der Waals surface area (Å²) in [5, 5.41) is 21.4. The third-order valence-corrected chi connectivity index (χ3v) is 5.69. The summed E-state index contributed by atoms with van der Waals surface area (Å²) in [5.74, 6) is -0.398. The lowest BCUT2D eigenvalue weighted by Crippen LogP contribution is -2.48. The number of carbonyl (C=O) groups is 1. The average Bonchev–Trinajstić information content (AvgIpc) is 2.88. The molecule has 1 aromatic heterocycles. The van der Waals surface area contributed by atoms with Gasteiger partial charge in [-0.15, -0.1) is 0 Å². The number of aryl methyl sites for hydroxylation is 1. The summed E-state index contributed by atoms with van der Waals surface area (Å²) < 4.78 is 1.13. The second-order valence-corrected chi connectivity index (χ2v) is 7.07. The molecule has 1 saturated heterocycles. The van der Waals surface area contributed by atoms with Crippen LogP contribution in [0.3, 0.4) is 0 Å². The number of hydrogen-bond acceptors (Lipinski definition) is 5. The average molecular weight is 354 g/mol. The van der Waals surface area contributed by atoms with Gasteiger partial charge in [0.15, 0.2) is 0 Å². The quantitative estimate of drug-likeness (QED) is 0.718. The van der Waals surface area contributed by atoms with Crippen LogP contribution in [0.5, 0.6) is 0 Å². The van der Waals surface area contributed by atoms with E-state index in [0.29, 0.717) is 0 Å². The zero-order chi connectivity index (χ0) is 18.3. The smallest absolute Gasteiger partial charge is 0.272 e. The van der Waals surface area contributed by atoms with Crippen molar-refractivity contribution in [2.45, 2.75) is 30.4 Å². The molecule has 7 nitrogen and oxygen atoms in total. The van der Waals surface area contributed by atoms with E-state index in [0.717, 1.165) is 41.7 Å². The molecule has 1 aliphatic heterocycles. The van der Waals surface area contributed by atoms with Gasteiger partial charge in [0, 0.05) is 18.5 Å². The molecule has 4 rings (SSSR count). The maximum atomic E-state index is 12.7. The van der Waals surface area contributed by atoms with Crippen LogP contribution in [0.4, 0.5) is 0 Å². The van der Waals surface area contributed by atoms with Crippen LogP contribution in [0, 0.1) is 0 Å². The first-order valence-electron chi connectivity index (χ1n) is 8.86. The molecule has 136 valence electrons. The lowest BCUT2D eigenvalue weighted by molar-refractivity contribution is 0.0416. The number of piperidine rings is 1. The summed E-state index contributed by atoms with van der Waals surface area (Å²) in [7, 11) is 1.50. The Balaban J connectivity index is 1.67. The van der Waals surface area contributed by atoms with E-state index >= 15 is 0 Å². The van der Waals surface area contributed by atoms with Gasteiger partial charge in [-0.25, -0.2) is 4.68 Å². The van der Waals surface area contributed by atoms with Crippen LogP contribution in [0.25, 0.3) is 0 Å². The molecule has 1 aliphatic carbocycles. The van der Waals surface area contributed by atoms with Crippen molar-refractivity contribution < 1.29 is 9.90 Å². The van der Waals surface area contributed by atoms with Crippen LogP contribution < -0.4 is 16.2 Å². The highest BCUT2D eigenvalue weighted by molar-refractivity contribution is 5.92. The minimum atomic E-state index is -0.696. The maximum Gasteiger partial charge on any atom is 0.272 e. The number of aliphatic hydroxyl groups excluding tert-OH is 1. The molecule has 2 aromatic rings. The van der Waals surface area contributed by atoms with Crippen LogP contribution in [0.15, 0.2) is 41.2 Å². The Morgan fingerprint density at radius 1 is 1.27 bits per heavy atom. The standard InChI is InChI=1S/C19H22N4O3/c1-23-15(24)7-6-14(22-23)18(26)21-16-12-4-2-3-5-13(12)19(17(16)25)8-10-20-11-9-19/h2-7,16-17,20,25H,8-11H2,1H3,(H,21,26)/t16-,17+/m1/s1. The second kappa shape index (κ2) is 6.34. The maximum absolute atomic E-state index is 12.7. The predicted molar refractivity (Wildman–Crippen MR) is 95.9 cm³/mol. The van der Waals surface area contributed by atoms with Gasteiger partial charge in [-0.05, 0) is 43.1 Å². The Hall–Kier alpha value is -2.51. The highest BCUT2D eigenvalue weighted by Crippen LogP contribution is 2.49. The first kappa shape index (κ1) is 16.9. The zero-order valence-electron chi connectivity index (χ0n) is 14.6. The molecule has 0 saturated carbocycles. The monoisotopic (exact) mass is 354 g/mol. The molecule has 26 heavy (non-hydrogen) atoms. The van der Waals surface area contributed by atoms with Gasteiger partial charge in [-0.1, -0.05) is 24.3 Å². The Morgan fingerprint density at radius 2 is 2.00 bits per heavy atom. The third kappa shape index (κ3) is 2.55. The SMILES string of the molecule is Cn1nc(C(=O)N[C@@H]2c3ccccc3C3(CCNCC3)[C@H]2O)ccc1=O. The fraction of sp³-hybridized carbons (Fsp3) is 0.421. The summed E-state index contributed by atoms with van der Waals surface area (Å²) in [6, 6.07) is 10.2. The van der Waals surface area contributed by atoms with Crippen LogP contribution in [0.2, 0.25) is 0 Å². The van der Waals surface area contributed by atoms with Crippen LogP contribution in [-0.2, 0) is 12.5 Å². The number of aromatic nitrogens is 2. The van der Waals surface area contributed by atoms with Gasteiger partial charge in [0.2, 0.25) is 0 Å². The Bertz CT molecular complexity index is 902. The van der Waals surface area contributed by atoms with E-state index in [2.05, 4.69) is 21.8 Å². The third-order valence-electron chi connectivity index (χ3n) is 5.69. The molecule has 2 heterocycles. The Labute approximate surface area is 151 Å². The first-order valence-corrected chi connectivity index (χ1v) is 8.86. The number of nitrogens with one attached hydrogen (secondary N) is 2. The van der Waals surface area contributed by atoms with Crippen LogP contribution in [-0.4, -0.2) is 40.0 Å². The number of nitrogens with zero attached hydrogens (tertiary/aromatic N) is 2. The highest BCUT2D eigenvalue weighted by Gasteiger charge is 2.52. The molecule has 0 bridgehead atoms. The minimum Gasteiger partial charge on any atom is -0.390 e. The van der Waals surface area contributed by atoms with Crippen molar-refractivity contribution in [2.24, 2.45) is 7.05 Å². The molecule has 2 atom stereocenters. The summed E-state index contributed by atoms with van der Waals surface area (Å²) >= 11 is 0. The molecule has 2 aliphatic rings. The Morgan fingerprint density at radius 3 is 2.73 bits per heavy atom. The van der Waals surface area contributed by atoms with Crippen LogP contribution >= 0.6 is 0 Å². The highest BCUT2D eigenvalue weighted by atomic mass is 16.3. The number of fused-ring (bicyclic) bond motifs is 2. The molecule has 3 N–H and O–H groups in total. The topological polar surface area (TPSA) is 96.2 Å². The molecule has 1 amide bonds. The van der Waals surface area contributed by atoms with E-state index in [1.165, 1.54) is 19.2 Å². The molecular weight excluding hydrogens is 332 g/mol. The van der Waals surface area contributed by atoms with E-state index in [4.69, 9.17) is 0 Å². The van der Waals surface area contributed by atoms with Crippen molar-refractivity contribution >= 4 is 5.91 Å². The van der Waals surface area contributed by atoms with Crippen molar-refractivity contribution in [1.82, 2.24) is 20.4 Å². The summed E-state index contributed by atoms with van der Waals surface area (Å²) in [5.41, 5.74) is 1.62. The predicted octanol–water partition coefficient (Wildman–Crippen LogP) is 0.247. The summed E-state index contributed by atoms with van der Waals surface area (Å²) in [6.07, 6.45) is 0.962. The van der Waals surface area contributed by atoms with Crippen LogP contribution in [0.1, 0.15) is 40.5 Å². The van der Waals surface area contributed by atoms with Gasteiger partial charge in [0.1, 0.15) is 5.69 Å². The zero-order valence-corrected chi connectivity index (χ0v) is 14.6. The number of rotatable bonds is 2. The molecule has 0 unspecified atom stereocenters. The van der Waals surface area contributed by atoms with Gasteiger partial charge in [0.25, 0.3) is 11.5 Å². The number of hydrogen-bond donors (Lipinski definition) is 3. The van der Waals surface area contributed by atoms with E-state index < -0.39 is 18.1 Å². The van der Waals surface area contributed by atoms with E-state index in [9.17, 15) is 14.7 Å². The van der Waals surface area contributed by atoms with Crippen molar-refractivity contribution in [3.63, 3.8) is 0 Å². The van der Waals surface area contributed by atoms with Gasteiger partial charge in [-0.2, -0.15) is 5.10 Å². The summed E-state index contributed by atoms with van der Waals surface area (Å²) in [4.78, 5) is 24.2. The number of carbonyl (C=O) groups excluding carboxylic acids is 1. The fourth-order valence-electron chi connectivity index (χ4n) is 4.30. The van der Waals surface area contributed by atoms with Crippen molar-refractivity contribution in [1.29, 1.82) is 0 Å². The normalized spacial score (nSPS) is 23.6. The number of benzene rings is 1. The summed E-state index contributed by atoms with van der Waals surface area (Å²) in [6.45, 7) is 1.68. The molecular formula is C19H22N4O3. The molecule has 7 heteroatoms. The van der Waals surface area contributed by atoms with E-state index in [-0.39, 0.29) is 16.7 Å². The first-order chi connectivity index (χ1) is 12.5. The second-order valence-electron chi connectivity index (χ2n) is 7.07. The molecule has 0 radical (unpaired) electrons. The minimum absolute atomic E-state index is 0.156. The van der Waals surface area contributed by atoms with Gasteiger partial charge >= 0.3 is 0 Å². The Kier molecular flexibility index (Phi) is 4.13. The van der Waals surface area contributed by atoms with Crippen molar-refractivity contribution in [3.8, 4) is 0 Å². The van der Waals surface area contributed by atoms with E-state index in [1.807, 2.05) is 18.2 Å². The molecule has 1 fully saturated rings. The van der Waals surface area contributed by atoms with Gasteiger partial charge in [0.05, 0.1) is 12.1 Å². The van der Waals surface area contributed by atoms with Gasteiger partial charge < -0.3 is 15.7 Å². The van der Waals surface area contributed by atoms with Crippen molar-refractivity contribution in [2.75, 3.05) is 13.1 Å². The lowest BCUT2D eigenvalue weighted by atomic mass is 9.72. The number of amides is 1. The fourth-order valence-corrected chi connectivity index (χ4v) is 4.30. The largest absolute Gasteiger partial charge is 0.390 e. The molecule has 1 aromatic carbocycles. The van der Waals surface area contributed by atoms with Crippen molar-refractivity contribution in [3.05, 3.63) is 63.6 Å². The lowest BCUT2D eigenvalue weighted by Gasteiger charge is -2.38. The number of aliphatic hydroxyl groups is 1.